The van der Waals surface area contributed by atoms with Crippen LogP contribution in [0, 0.1) is 0 Å². The molecule has 0 aromatic carbocycles. The van der Waals surface area contributed by atoms with Crippen LogP contribution in [0.3, 0.4) is 0 Å². The normalized spacial score (nSPS) is 19.4. The molecule has 31 heavy (non-hydrogen) atoms. The van der Waals surface area contributed by atoms with Crippen LogP contribution in [0.5, 0.6) is 0 Å². The van der Waals surface area contributed by atoms with Crippen molar-refractivity contribution in [2.45, 2.75) is 107 Å². The van der Waals surface area contributed by atoms with Gasteiger partial charge >= 0.3 is 0 Å². The summed E-state index contributed by atoms with van der Waals surface area (Å²) in [5, 5.41) is 2.86. The summed E-state index contributed by atoms with van der Waals surface area (Å²) < 4.78 is 28.8. The molecule has 0 bridgehead atoms. The van der Waals surface area contributed by atoms with Gasteiger partial charge in [0.1, 0.15) is 4.90 Å². The first-order chi connectivity index (χ1) is 14.9. The number of hydrogen-bond acceptors (Lipinski definition) is 5. The van der Waals surface area contributed by atoms with Crippen molar-refractivity contribution in [3.05, 3.63) is 24.5 Å². The maximum Gasteiger partial charge on any atom is 0.289 e. The first-order valence-corrected chi connectivity index (χ1v) is 13.2. The summed E-state index contributed by atoms with van der Waals surface area (Å²) in [6.45, 7) is 2.00. The molecule has 2 saturated carbocycles. The van der Waals surface area contributed by atoms with E-state index in [0.717, 1.165) is 51.4 Å². The summed E-state index contributed by atoms with van der Waals surface area (Å²) in [5.74, 6) is -1.27. The summed E-state index contributed by atoms with van der Waals surface area (Å²) in [5.41, 5.74) is 0. The molecule has 3 rings (SSSR count). The zero-order valence-electron chi connectivity index (χ0n) is 18.5. The minimum atomic E-state index is -3.97. The van der Waals surface area contributed by atoms with Crippen molar-refractivity contribution >= 4 is 21.7 Å². The number of sulfonamides is 1. The fourth-order valence-electron chi connectivity index (χ4n) is 4.82. The monoisotopic (exact) mass is 449 g/mol. The van der Waals surface area contributed by atoms with E-state index in [0.29, 0.717) is 25.7 Å². The second-order valence-electron chi connectivity index (χ2n) is 8.79. The van der Waals surface area contributed by atoms with Crippen molar-refractivity contribution in [3.63, 3.8) is 0 Å². The van der Waals surface area contributed by atoms with Crippen molar-refractivity contribution in [1.29, 1.82) is 0 Å². The van der Waals surface area contributed by atoms with Gasteiger partial charge in [0, 0.05) is 24.5 Å². The highest BCUT2D eigenvalue weighted by molar-refractivity contribution is 7.89. The van der Waals surface area contributed by atoms with E-state index in [1.165, 1.54) is 22.8 Å². The van der Waals surface area contributed by atoms with Crippen molar-refractivity contribution < 1.29 is 18.0 Å². The average molecular weight is 450 g/mol. The van der Waals surface area contributed by atoms with Crippen molar-refractivity contribution in [2.24, 2.45) is 0 Å². The highest BCUT2D eigenvalue weighted by Crippen LogP contribution is 2.31. The maximum absolute atomic E-state index is 13.7. The van der Waals surface area contributed by atoms with Crippen LogP contribution in [0.15, 0.2) is 29.4 Å². The van der Waals surface area contributed by atoms with E-state index >= 15 is 0 Å². The van der Waals surface area contributed by atoms with Crippen LogP contribution in [0.1, 0.15) is 84.0 Å². The number of pyridine rings is 1. The molecule has 172 valence electrons. The number of Topliss-reactive ketones (excluding diaryl/α,β-unsaturated/α-hetero) is 1. The predicted octanol–water partition coefficient (Wildman–Crippen LogP) is 3.59. The Labute approximate surface area is 186 Å². The first-order valence-electron chi connectivity index (χ1n) is 11.7. The molecule has 2 fully saturated rings. The Morgan fingerprint density at radius 1 is 1.13 bits per heavy atom. The Morgan fingerprint density at radius 2 is 1.81 bits per heavy atom. The molecule has 1 N–H and O–H groups in total. The Kier molecular flexibility index (Phi) is 8.60. The largest absolute Gasteiger partial charge is 0.347 e. The van der Waals surface area contributed by atoms with Crippen molar-refractivity contribution in [2.75, 3.05) is 0 Å². The SMILES string of the molecule is CCCC[C@@H](C(=O)C(=O)NC1CCCC1)N(C1CCCCC1)S(=O)(=O)c1cccnc1. The molecular weight excluding hydrogens is 414 g/mol. The zero-order valence-corrected chi connectivity index (χ0v) is 19.3. The molecule has 1 heterocycles. The summed E-state index contributed by atoms with van der Waals surface area (Å²) in [6.07, 6.45) is 12.9. The van der Waals surface area contributed by atoms with E-state index < -0.39 is 27.8 Å². The van der Waals surface area contributed by atoms with Crippen LogP contribution >= 0.6 is 0 Å². The van der Waals surface area contributed by atoms with E-state index in [1.54, 1.807) is 6.07 Å². The number of nitrogens with zero attached hydrogens (tertiary/aromatic N) is 2. The summed E-state index contributed by atoms with van der Waals surface area (Å²) >= 11 is 0. The fourth-order valence-corrected chi connectivity index (χ4v) is 6.65. The summed E-state index contributed by atoms with van der Waals surface area (Å²) in [6, 6.07) is 1.86. The Morgan fingerprint density at radius 3 is 2.42 bits per heavy atom. The van der Waals surface area contributed by atoms with Gasteiger partial charge in [-0.25, -0.2) is 8.42 Å². The molecule has 0 radical (unpaired) electrons. The molecule has 1 amide bonds. The van der Waals surface area contributed by atoms with Crippen LogP contribution in [-0.2, 0) is 19.6 Å². The topological polar surface area (TPSA) is 96.4 Å². The van der Waals surface area contributed by atoms with Gasteiger partial charge in [0.15, 0.2) is 0 Å². The first kappa shape index (κ1) is 23.9. The number of ketones is 1. The van der Waals surface area contributed by atoms with Gasteiger partial charge in [-0.2, -0.15) is 4.31 Å². The van der Waals surface area contributed by atoms with Crippen molar-refractivity contribution in [3.8, 4) is 0 Å². The molecule has 0 saturated heterocycles. The maximum atomic E-state index is 13.7. The zero-order chi connectivity index (χ0) is 22.3. The van der Waals surface area contributed by atoms with Crippen LogP contribution in [0.4, 0.5) is 0 Å². The minimum Gasteiger partial charge on any atom is -0.347 e. The second kappa shape index (κ2) is 11.2. The van der Waals surface area contributed by atoms with Gasteiger partial charge in [-0.1, -0.05) is 51.9 Å². The van der Waals surface area contributed by atoms with E-state index in [2.05, 4.69) is 10.3 Å². The van der Waals surface area contributed by atoms with Gasteiger partial charge in [-0.15, -0.1) is 0 Å². The van der Waals surface area contributed by atoms with Crippen LogP contribution < -0.4 is 5.32 Å². The lowest BCUT2D eigenvalue weighted by Gasteiger charge is -2.38. The van der Waals surface area contributed by atoms with Gasteiger partial charge < -0.3 is 5.32 Å². The van der Waals surface area contributed by atoms with Gasteiger partial charge in [0.05, 0.1) is 6.04 Å². The molecule has 7 nitrogen and oxygen atoms in total. The smallest absolute Gasteiger partial charge is 0.289 e. The standard InChI is InChI=1S/C23H35N3O4S/c1-2-3-15-21(22(27)23(28)25-18-10-7-8-11-18)26(19-12-5-4-6-13-19)31(29,30)20-14-9-16-24-17-20/h9,14,16-19,21H,2-8,10-13,15H2,1H3,(H,25,28)/t21-/m0/s1. The van der Waals surface area contributed by atoms with Gasteiger partial charge in [-0.3, -0.25) is 14.6 Å². The molecule has 0 spiro atoms. The highest BCUT2D eigenvalue weighted by atomic mass is 32.2. The van der Waals surface area contributed by atoms with Crippen LogP contribution in [0.2, 0.25) is 0 Å². The molecule has 2 aliphatic rings. The highest BCUT2D eigenvalue weighted by Gasteiger charge is 2.43. The molecule has 1 aromatic heterocycles. The number of hydrogen-bond donors (Lipinski definition) is 1. The predicted molar refractivity (Wildman–Crippen MR) is 119 cm³/mol. The lowest BCUT2D eigenvalue weighted by molar-refractivity contribution is -0.141. The molecule has 8 heteroatoms. The van der Waals surface area contributed by atoms with Gasteiger partial charge in [0.2, 0.25) is 15.8 Å². The second-order valence-corrected chi connectivity index (χ2v) is 10.6. The molecular formula is C23H35N3O4S. The van der Waals surface area contributed by atoms with Crippen molar-refractivity contribution in [1.82, 2.24) is 14.6 Å². The van der Waals surface area contributed by atoms with Crippen LogP contribution in [0.25, 0.3) is 0 Å². The van der Waals surface area contributed by atoms with Gasteiger partial charge in [0.25, 0.3) is 5.91 Å². The molecule has 0 unspecified atom stereocenters. The van der Waals surface area contributed by atoms with Crippen LogP contribution in [-0.4, -0.2) is 47.5 Å². The number of amides is 1. The lowest BCUT2D eigenvalue weighted by Crippen LogP contribution is -2.55. The lowest BCUT2D eigenvalue weighted by atomic mass is 9.93. The summed E-state index contributed by atoms with van der Waals surface area (Å²) in [4.78, 5) is 30.3. The minimum absolute atomic E-state index is 0.0151. The number of rotatable bonds is 10. The summed E-state index contributed by atoms with van der Waals surface area (Å²) in [7, 11) is -3.97. The molecule has 0 aliphatic heterocycles. The number of aromatic nitrogens is 1. The third-order valence-electron chi connectivity index (χ3n) is 6.50. The number of carbonyl (C=O) groups excluding carboxylic acids is 2. The molecule has 2 aliphatic carbocycles. The van der Waals surface area contributed by atoms with E-state index in [1.807, 2.05) is 6.92 Å². The Balaban J connectivity index is 1.94. The molecule has 1 aromatic rings. The third kappa shape index (κ3) is 5.92. The number of nitrogens with one attached hydrogen (secondary N) is 1. The van der Waals surface area contributed by atoms with E-state index in [-0.39, 0.29) is 17.0 Å². The Bertz CT molecular complexity index is 832. The fraction of sp³-hybridized carbons (Fsp3) is 0.696. The molecule has 1 atom stereocenters. The Hall–Kier alpha value is -1.80. The average Bonchev–Trinajstić information content (AvgIpc) is 3.30. The third-order valence-corrected chi connectivity index (χ3v) is 8.44. The van der Waals surface area contributed by atoms with E-state index in [9.17, 15) is 18.0 Å². The van der Waals surface area contributed by atoms with Gasteiger partial charge in [-0.05, 0) is 44.2 Å². The number of carbonyl (C=O) groups is 2. The van der Waals surface area contributed by atoms with E-state index in [4.69, 9.17) is 0 Å². The quantitative estimate of drug-likeness (QED) is 0.551. The number of unbranched alkanes of at least 4 members (excludes halogenated alkanes) is 1.